The van der Waals surface area contributed by atoms with E-state index in [2.05, 4.69) is 4.98 Å². The summed E-state index contributed by atoms with van der Waals surface area (Å²) in [6.07, 6.45) is 3.23. The Morgan fingerprint density at radius 2 is 1.97 bits per heavy atom. The summed E-state index contributed by atoms with van der Waals surface area (Å²) in [4.78, 5) is 18.6. The molecule has 4 rings (SSSR count). The maximum atomic E-state index is 13.8. The summed E-state index contributed by atoms with van der Waals surface area (Å²) in [6.45, 7) is 1.03. The second kappa shape index (κ2) is 9.47. The van der Waals surface area contributed by atoms with Crippen molar-refractivity contribution in [2.45, 2.75) is 31.8 Å². The third kappa shape index (κ3) is 5.22. The highest BCUT2D eigenvalue weighted by molar-refractivity contribution is 6.33. The van der Waals surface area contributed by atoms with E-state index in [1.807, 2.05) is 18.2 Å². The first-order chi connectivity index (χ1) is 15.0. The highest BCUT2D eigenvalue weighted by Gasteiger charge is 2.25. The molecule has 0 atom stereocenters. The molecule has 2 heterocycles. The average Bonchev–Trinajstić information content (AvgIpc) is 3.24. The second-order valence-electron chi connectivity index (χ2n) is 7.37. The Balaban J connectivity index is 1.26. The number of hydrogen-bond donors (Lipinski definition) is 0. The maximum absolute atomic E-state index is 13.8. The van der Waals surface area contributed by atoms with Crippen molar-refractivity contribution in [2.75, 3.05) is 13.1 Å². The largest absolute Gasteiger partial charge is 0.487 e. The predicted octanol–water partition coefficient (Wildman–Crippen LogP) is 5.28. The molecule has 1 amide bonds. The van der Waals surface area contributed by atoms with E-state index in [0.717, 1.165) is 17.7 Å². The van der Waals surface area contributed by atoms with Gasteiger partial charge in [0, 0.05) is 50.4 Å². The van der Waals surface area contributed by atoms with Crippen molar-refractivity contribution < 1.29 is 22.7 Å². The molecular formula is C23H21ClF2N2O3. The van der Waals surface area contributed by atoms with E-state index in [4.69, 9.17) is 20.8 Å². The lowest BCUT2D eigenvalue weighted by atomic mass is 10.1. The number of carbonyl (C=O) groups is 1. The number of nitrogens with zero attached hydrogens (tertiary/aromatic N) is 2. The van der Waals surface area contributed by atoms with Crippen LogP contribution in [0.15, 0.2) is 53.1 Å². The standard InChI is InChI=1S/C23H21ClF2N2O3/c24-18-4-2-1-3-17(18)21-14-27-22(31-21)7-8-23(29)28-11-9-16(10-12-28)30-20-6-5-15(25)13-19(20)26/h1-6,13-14,16H,7-12H2. The van der Waals surface area contributed by atoms with Crippen molar-refractivity contribution in [2.24, 2.45) is 0 Å². The molecule has 8 heteroatoms. The first kappa shape index (κ1) is 21.3. The minimum atomic E-state index is -0.722. The lowest BCUT2D eigenvalue weighted by Crippen LogP contribution is -2.41. The summed E-state index contributed by atoms with van der Waals surface area (Å²) >= 11 is 6.18. The molecule has 1 aliphatic rings. The lowest BCUT2D eigenvalue weighted by molar-refractivity contribution is -0.133. The highest BCUT2D eigenvalue weighted by atomic mass is 35.5. The summed E-state index contributed by atoms with van der Waals surface area (Å²) in [5, 5.41) is 0.576. The first-order valence-electron chi connectivity index (χ1n) is 10.1. The fraction of sp³-hybridized carbons (Fsp3) is 0.304. The Morgan fingerprint density at radius 1 is 1.19 bits per heavy atom. The van der Waals surface area contributed by atoms with Crippen LogP contribution in [0.25, 0.3) is 11.3 Å². The zero-order valence-electron chi connectivity index (χ0n) is 16.7. The summed E-state index contributed by atoms with van der Waals surface area (Å²) in [7, 11) is 0. The number of ether oxygens (including phenoxy) is 1. The predicted molar refractivity (Wildman–Crippen MR) is 112 cm³/mol. The molecule has 0 N–H and O–H groups in total. The number of rotatable bonds is 6. The number of likely N-dealkylation sites (tertiary alicyclic amines) is 1. The van der Waals surface area contributed by atoms with Crippen LogP contribution in [0.2, 0.25) is 5.02 Å². The zero-order valence-corrected chi connectivity index (χ0v) is 17.4. The summed E-state index contributed by atoms with van der Waals surface area (Å²) in [6, 6.07) is 10.6. The highest BCUT2D eigenvalue weighted by Crippen LogP contribution is 2.28. The molecule has 3 aromatic rings. The molecular weight excluding hydrogens is 426 g/mol. The van der Waals surface area contributed by atoms with Crippen molar-refractivity contribution in [1.82, 2.24) is 9.88 Å². The molecule has 0 radical (unpaired) electrons. The van der Waals surface area contributed by atoms with E-state index in [1.165, 1.54) is 6.07 Å². The number of hydrogen-bond acceptors (Lipinski definition) is 4. The monoisotopic (exact) mass is 446 g/mol. The number of benzene rings is 2. The van der Waals surface area contributed by atoms with Crippen LogP contribution in [0.5, 0.6) is 5.75 Å². The van der Waals surface area contributed by atoms with Crippen LogP contribution in [-0.2, 0) is 11.2 Å². The van der Waals surface area contributed by atoms with Gasteiger partial charge in [0.15, 0.2) is 23.2 Å². The summed E-state index contributed by atoms with van der Waals surface area (Å²) in [5.41, 5.74) is 0.758. The average molecular weight is 447 g/mol. The summed E-state index contributed by atoms with van der Waals surface area (Å²) < 4.78 is 38.1. The van der Waals surface area contributed by atoms with Crippen LogP contribution in [0.4, 0.5) is 8.78 Å². The molecule has 0 unspecified atom stereocenters. The zero-order chi connectivity index (χ0) is 21.8. The third-order valence-corrected chi connectivity index (χ3v) is 5.56. The van der Waals surface area contributed by atoms with Crippen LogP contribution in [-0.4, -0.2) is 35.0 Å². The molecule has 2 aromatic carbocycles. The Bertz CT molecular complexity index is 1060. The molecule has 1 aromatic heterocycles. The molecule has 1 fully saturated rings. The van der Waals surface area contributed by atoms with Gasteiger partial charge in [-0.2, -0.15) is 0 Å². The molecule has 162 valence electrons. The van der Waals surface area contributed by atoms with Crippen LogP contribution in [0.1, 0.15) is 25.2 Å². The quantitative estimate of drug-likeness (QED) is 0.517. The van der Waals surface area contributed by atoms with Crippen LogP contribution in [0, 0.1) is 11.6 Å². The Morgan fingerprint density at radius 3 is 2.71 bits per heavy atom. The molecule has 0 spiro atoms. The van der Waals surface area contributed by atoms with Crippen molar-refractivity contribution in [1.29, 1.82) is 0 Å². The van der Waals surface area contributed by atoms with Gasteiger partial charge < -0.3 is 14.1 Å². The number of aryl methyl sites for hydroxylation is 1. The van der Waals surface area contributed by atoms with E-state index in [0.29, 0.717) is 49.0 Å². The van der Waals surface area contributed by atoms with Gasteiger partial charge in [0.05, 0.1) is 11.2 Å². The number of amides is 1. The van der Waals surface area contributed by atoms with Crippen molar-refractivity contribution in [3.8, 4) is 17.1 Å². The number of carbonyl (C=O) groups excluding carboxylic acids is 1. The lowest BCUT2D eigenvalue weighted by Gasteiger charge is -2.32. The van der Waals surface area contributed by atoms with Crippen molar-refractivity contribution in [3.05, 3.63) is 71.2 Å². The van der Waals surface area contributed by atoms with E-state index >= 15 is 0 Å². The molecule has 0 saturated carbocycles. The Kier molecular flexibility index (Phi) is 6.51. The van der Waals surface area contributed by atoms with Crippen molar-refractivity contribution in [3.63, 3.8) is 0 Å². The van der Waals surface area contributed by atoms with Gasteiger partial charge in [0.1, 0.15) is 11.9 Å². The van der Waals surface area contributed by atoms with Crippen LogP contribution in [0.3, 0.4) is 0 Å². The molecule has 5 nitrogen and oxygen atoms in total. The van der Waals surface area contributed by atoms with Gasteiger partial charge in [-0.3, -0.25) is 4.79 Å². The number of piperidine rings is 1. The van der Waals surface area contributed by atoms with E-state index in [-0.39, 0.29) is 24.2 Å². The first-order valence-corrected chi connectivity index (χ1v) is 10.5. The minimum absolute atomic E-state index is 0.00362. The smallest absolute Gasteiger partial charge is 0.223 e. The second-order valence-corrected chi connectivity index (χ2v) is 7.78. The van der Waals surface area contributed by atoms with Gasteiger partial charge in [-0.1, -0.05) is 23.7 Å². The molecule has 1 saturated heterocycles. The normalized spacial score (nSPS) is 14.6. The van der Waals surface area contributed by atoms with Crippen molar-refractivity contribution >= 4 is 17.5 Å². The van der Waals surface area contributed by atoms with Gasteiger partial charge in [-0.15, -0.1) is 0 Å². The Labute approximate surface area is 183 Å². The Hall–Kier alpha value is -2.93. The number of oxazole rings is 1. The van der Waals surface area contributed by atoms with Gasteiger partial charge >= 0.3 is 0 Å². The SMILES string of the molecule is O=C(CCc1ncc(-c2ccccc2Cl)o1)N1CCC(Oc2ccc(F)cc2F)CC1. The molecule has 0 bridgehead atoms. The fourth-order valence-corrected chi connectivity index (χ4v) is 3.79. The third-order valence-electron chi connectivity index (χ3n) is 5.23. The topological polar surface area (TPSA) is 55.6 Å². The fourth-order valence-electron chi connectivity index (χ4n) is 3.56. The van der Waals surface area contributed by atoms with E-state index < -0.39 is 11.6 Å². The molecule has 31 heavy (non-hydrogen) atoms. The molecule has 0 aliphatic carbocycles. The van der Waals surface area contributed by atoms with Crippen LogP contribution >= 0.6 is 11.6 Å². The van der Waals surface area contributed by atoms with Gasteiger partial charge in [-0.25, -0.2) is 13.8 Å². The van der Waals surface area contributed by atoms with Gasteiger partial charge in [0.25, 0.3) is 0 Å². The maximum Gasteiger partial charge on any atom is 0.223 e. The van der Waals surface area contributed by atoms with Crippen LogP contribution < -0.4 is 4.74 Å². The van der Waals surface area contributed by atoms with Gasteiger partial charge in [0.2, 0.25) is 5.91 Å². The van der Waals surface area contributed by atoms with Gasteiger partial charge in [-0.05, 0) is 24.3 Å². The number of aromatic nitrogens is 1. The molecule has 1 aliphatic heterocycles. The minimum Gasteiger partial charge on any atom is -0.487 e. The van der Waals surface area contributed by atoms with E-state index in [9.17, 15) is 13.6 Å². The number of halogens is 3. The van der Waals surface area contributed by atoms with E-state index in [1.54, 1.807) is 17.2 Å². The summed E-state index contributed by atoms with van der Waals surface area (Å²) in [5.74, 6) is -0.281.